The predicted molar refractivity (Wildman–Crippen MR) is 56.7 cm³/mol. The number of rotatable bonds is 1. The lowest BCUT2D eigenvalue weighted by Gasteiger charge is -2.14. The molecule has 1 aromatic carbocycles. The van der Waals surface area contributed by atoms with Crippen molar-refractivity contribution in [3.8, 4) is 0 Å². The molecule has 74 valence electrons. The minimum absolute atomic E-state index is 0.259. The summed E-state index contributed by atoms with van der Waals surface area (Å²) in [5.41, 5.74) is 0.955. The summed E-state index contributed by atoms with van der Waals surface area (Å²) in [6.45, 7) is 2.23. The first-order valence-corrected chi connectivity index (χ1v) is 5.47. The first kappa shape index (κ1) is 9.40. The van der Waals surface area contributed by atoms with E-state index < -0.39 is 0 Å². The quantitative estimate of drug-likeness (QED) is 0.712. The second-order valence-corrected chi connectivity index (χ2v) is 3.85. The van der Waals surface area contributed by atoms with E-state index in [1.54, 1.807) is 16.7 Å². The van der Waals surface area contributed by atoms with Gasteiger partial charge in [-0.3, -0.25) is 4.90 Å². The highest BCUT2D eigenvalue weighted by Gasteiger charge is 2.25. The van der Waals surface area contributed by atoms with Crippen molar-refractivity contribution in [3.63, 3.8) is 0 Å². The lowest BCUT2D eigenvalue weighted by atomic mass is 10.3. The summed E-state index contributed by atoms with van der Waals surface area (Å²) in [4.78, 5) is 14.3. The van der Waals surface area contributed by atoms with Crippen molar-refractivity contribution in [2.75, 3.05) is 17.4 Å². The Kier molecular flexibility index (Phi) is 2.63. The molecule has 0 bridgehead atoms. The van der Waals surface area contributed by atoms with Crippen LogP contribution in [0.5, 0.6) is 0 Å². The topological polar surface area (TPSA) is 29.5 Å². The van der Waals surface area contributed by atoms with Crippen LogP contribution in [0.15, 0.2) is 29.2 Å². The highest BCUT2D eigenvalue weighted by atomic mass is 32.2. The lowest BCUT2D eigenvalue weighted by Crippen LogP contribution is -2.28. The molecule has 0 N–H and O–H groups in total. The normalized spacial score (nSPS) is 13.9. The maximum Gasteiger partial charge on any atom is 0.415 e. The molecule has 0 aromatic heterocycles. The second-order valence-electron chi connectivity index (χ2n) is 2.87. The molecule has 4 heteroatoms. The zero-order valence-electron chi connectivity index (χ0n) is 7.90. The summed E-state index contributed by atoms with van der Waals surface area (Å²) in [5.74, 6) is 0.651. The number of carbonyl (C=O) groups is 1. The highest BCUT2D eigenvalue weighted by molar-refractivity contribution is 8.00. The molecule has 0 fully saturated rings. The molecule has 0 saturated carbocycles. The molecule has 0 unspecified atom stereocenters. The smallest absolute Gasteiger partial charge is 0.415 e. The van der Waals surface area contributed by atoms with Crippen LogP contribution >= 0.6 is 11.8 Å². The number of amides is 1. The minimum Gasteiger partial charge on any atom is -0.449 e. The number of thioether (sulfide) groups is 1. The van der Waals surface area contributed by atoms with Gasteiger partial charge in [-0.1, -0.05) is 12.1 Å². The van der Waals surface area contributed by atoms with Crippen molar-refractivity contribution < 1.29 is 9.53 Å². The number of hydrogen-bond acceptors (Lipinski definition) is 3. The Bertz CT molecular complexity index is 354. The second kappa shape index (κ2) is 3.92. The van der Waals surface area contributed by atoms with Crippen LogP contribution in [0.4, 0.5) is 10.5 Å². The molecule has 0 radical (unpaired) electrons. The van der Waals surface area contributed by atoms with Gasteiger partial charge in [-0.05, 0) is 19.1 Å². The maximum absolute atomic E-state index is 11.5. The van der Waals surface area contributed by atoms with Crippen LogP contribution in [0.2, 0.25) is 0 Å². The van der Waals surface area contributed by atoms with Gasteiger partial charge in [0, 0.05) is 4.90 Å². The Balaban J connectivity index is 2.21. The Hall–Kier alpha value is -1.16. The fraction of sp³-hybridized carbons (Fsp3) is 0.300. The van der Waals surface area contributed by atoms with Gasteiger partial charge in [0.25, 0.3) is 0 Å². The molecule has 3 nitrogen and oxygen atoms in total. The average molecular weight is 209 g/mol. The van der Waals surface area contributed by atoms with Gasteiger partial charge in [-0.15, -0.1) is 11.8 Å². The Labute approximate surface area is 87.0 Å². The van der Waals surface area contributed by atoms with E-state index in [1.165, 1.54) is 0 Å². The summed E-state index contributed by atoms with van der Waals surface area (Å²) >= 11 is 1.66. The number of hydrogen-bond donors (Lipinski definition) is 0. The number of benzene rings is 1. The van der Waals surface area contributed by atoms with E-state index in [2.05, 4.69) is 0 Å². The van der Waals surface area contributed by atoms with Gasteiger partial charge in [0.2, 0.25) is 0 Å². The van der Waals surface area contributed by atoms with Crippen LogP contribution in [0, 0.1) is 0 Å². The zero-order chi connectivity index (χ0) is 9.97. The predicted octanol–water partition coefficient (Wildman–Crippen LogP) is 2.71. The first-order valence-electron chi connectivity index (χ1n) is 4.49. The number of fused-ring (bicyclic) bond motifs is 1. The summed E-state index contributed by atoms with van der Waals surface area (Å²) in [7, 11) is 0. The highest BCUT2D eigenvalue weighted by Crippen LogP contribution is 2.38. The fourth-order valence-electron chi connectivity index (χ4n) is 1.36. The summed E-state index contributed by atoms with van der Waals surface area (Å²) in [6, 6.07) is 7.85. The van der Waals surface area contributed by atoms with Crippen LogP contribution < -0.4 is 4.90 Å². The molecule has 0 aliphatic carbocycles. The Morgan fingerprint density at radius 3 is 3.14 bits per heavy atom. The molecule has 1 aliphatic rings. The number of para-hydroxylation sites is 1. The molecule has 1 aromatic rings. The molecule has 0 saturated heterocycles. The molecule has 0 spiro atoms. The SMILES string of the molecule is CCOC(=O)N1CSc2ccccc21. The van der Waals surface area contributed by atoms with Gasteiger partial charge in [-0.25, -0.2) is 4.79 Å². The number of ether oxygens (including phenoxy) is 1. The van der Waals surface area contributed by atoms with Crippen molar-refractivity contribution >= 4 is 23.5 Å². The molecule has 14 heavy (non-hydrogen) atoms. The van der Waals surface area contributed by atoms with Crippen molar-refractivity contribution in [1.29, 1.82) is 0 Å². The molecule has 2 rings (SSSR count). The molecular formula is C10H11NO2S. The number of anilines is 1. The summed E-state index contributed by atoms with van der Waals surface area (Å²) in [5, 5.41) is 0. The van der Waals surface area contributed by atoms with Gasteiger partial charge in [0.15, 0.2) is 0 Å². The van der Waals surface area contributed by atoms with E-state index in [0.29, 0.717) is 12.5 Å². The van der Waals surface area contributed by atoms with Crippen LogP contribution in [0.25, 0.3) is 0 Å². The van der Waals surface area contributed by atoms with E-state index in [1.807, 2.05) is 31.2 Å². The fourth-order valence-corrected chi connectivity index (χ4v) is 2.37. The largest absolute Gasteiger partial charge is 0.449 e. The van der Waals surface area contributed by atoms with Crippen LogP contribution in [0.1, 0.15) is 6.92 Å². The van der Waals surface area contributed by atoms with Crippen molar-refractivity contribution in [1.82, 2.24) is 0 Å². The summed E-state index contributed by atoms with van der Waals surface area (Å²) in [6.07, 6.45) is -0.259. The van der Waals surface area contributed by atoms with E-state index in [-0.39, 0.29) is 6.09 Å². The van der Waals surface area contributed by atoms with Gasteiger partial charge >= 0.3 is 6.09 Å². The lowest BCUT2D eigenvalue weighted by molar-refractivity contribution is 0.161. The van der Waals surface area contributed by atoms with E-state index in [4.69, 9.17) is 4.74 Å². The third-order valence-electron chi connectivity index (χ3n) is 1.99. The maximum atomic E-state index is 11.5. The van der Waals surface area contributed by atoms with Gasteiger partial charge in [0.1, 0.15) is 0 Å². The monoisotopic (exact) mass is 209 g/mol. The van der Waals surface area contributed by atoms with Gasteiger partial charge in [0.05, 0.1) is 18.2 Å². The molecule has 1 aliphatic heterocycles. The van der Waals surface area contributed by atoms with E-state index in [0.717, 1.165) is 10.6 Å². The first-order chi connectivity index (χ1) is 6.83. The number of carbonyl (C=O) groups excluding carboxylic acids is 1. The van der Waals surface area contributed by atoms with Crippen LogP contribution in [-0.4, -0.2) is 18.6 Å². The Morgan fingerprint density at radius 1 is 1.57 bits per heavy atom. The van der Waals surface area contributed by atoms with Crippen molar-refractivity contribution in [2.45, 2.75) is 11.8 Å². The minimum atomic E-state index is -0.259. The van der Waals surface area contributed by atoms with E-state index in [9.17, 15) is 4.79 Å². The van der Waals surface area contributed by atoms with Crippen LogP contribution in [-0.2, 0) is 4.74 Å². The molecular weight excluding hydrogens is 198 g/mol. The summed E-state index contributed by atoms with van der Waals surface area (Å²) < 4.78 is 4.96. The van der Waals surface area contributed by atoms with Gasteiger partial charge < -0.3 is 4.74 Å². The third kappa shape index (κ3) is 1.57. The van der Waals surface area contributed by atoms with E-state index >= 15 is 0 Å². The Morgan fingerprint density at radius 2 is 2.36 bits per heavy atom. The van der Waals surface area contributed by atoms with Crippen molar-refractivity contribution in [3.05, 3.63) is 24.3 Å². The molecule has 1 amide bonds. The van der Waals surface area contributed by atoms with Gasteiger partial charge in [-0.2, -0.15) is 0 Å². The molecule has 0 atom stereocenters. The zero-order valence-corrected chi connectivity index (χ0v) is 8.71. The third-order valence-corrected chi connectivity index (χ3v) is 3.04. The standard InChI is InChI=1S/C10H11NO2S/c1-2-13-10(12)11-7-14-9-6-4-3-5-8(9)11/h3-6H,2,7H2,1H3. The van der Waals surface area contributed by atoms with Crippen LogP contribution in [0.3, 0.4) is 0 Å². The van der Waals surface area contributed by atoms with Crippen molar-refractivity contribution in [2.24, 2.45) is 0 Å². The number of nitrogens with zero attached hydrogens (tertiary/aromatic N) is 1. The average Bonchev–Trinajstić information content (AvgIpc) is 2.61. The molecule has 1 heterocycles.